The molecule has 0 aliphatic rings. The van der Waals surface area contributed by atoms with E-state index >= 15 is 0 Å². The maximum Gasteiger partial charge on any atom is 0.318 e. The number of rotatable bonds is 4. The van der Waals surface area contributed by atoms with Crippen molar-refractivity contribution in [3.05, 3.63) is 29.1 Å². The Morgan fingerprint density at radius 1 is 1.71 bits per heavy atom. The summed E-state index contributed by atoms with van der Waals surface area (Å²) in [6.07, 6.45) is 3.75. The van der Waals surface area contributed by atoms with Crippen LogP contribution in [0.1, 0.15) is 16.2 Å². The van der Waals surface area contributed by atoms with Crippen molar-refractivity contribution in [2.45, 2.75) is 6.42 Å². The summed E-state index contributed by atoms with van der Waals surface area (Å²) < 4.78 is 4.18. The fourth-order valence-electron chi connectivity index (χ4n) is 1.27. The number of aromatic nitrogens is 4. The number of aromatic amines is 1. The molecule has 0 atom stereocenters. The first-order chi connectivity index (χ1) is 8.18. The van der Waals surface area contributed by atoms with Gasteiger partial charge in [-0.3, -0.25) is 9.42 Å². The van der Waals surface area contributed by atoms with E-state index in [1.54, 1.807) is 12.5 Å². The predicted molar refractivity (Wildman–Crippen MR) is 54.5 cm³/mol. The predicted octanol–water partition coefficient (Wildman–Crippen LogP) is -1.41. The smallest absolute Gasteiger partial charge is 0.318 e. The third kappa shape index (κ3) is 2.33. The molecule has 0 unspecified atom stereocenters. The van der Waals surface area contributed by atoms with Crippen molar-refractivity contribution in [3.8, 4) is 0 Å². The summed E-state index contributed by atoms with van der Waals surface area (Å²) >= 11 is 0. The average Bonchev–Trinajstić information content (AvgIpc) is 2.89. The Morgan fingerprint density at radius 2 is 2.53 bits per heavy atom. The van der Waals surface area contributed by atoms with E-state index in [1.165, 1.54) is 0 Å². The summed E-state index contributed by atoms with van der Waals surface area (Å²) in [5, 5.41) is 16.7. The van der Waals surface area contributed by atoms with Crippen molar-refractivity contribution in [2.75, 3.05) is 12.3 Å². The van der Waals surface area contributed by atoms with Crippen LogP contribution in [0.5, 0.6) is 0 Å². The Labute approximate surface area is 95.2 Å². The number of nitrogens with two attached hydrogens (primary N) is 1. The molecule has 1 amide bonds. The van der Waals surface area contributed by atoms with Crippen LogP contribution in [0.3, 0.4) is 0 Å². The van der Waals surface area contributed by atoms with Gasteiger partial charge in [-0.1, -0.05) is 0 Å². The minimum atomic E-state index is -0.627. The molecule has 0 saturated heterocycles. The Hall–Kier alpha value is -2.58. The summed E-state index contributed by atoms with van der Waals surface area (Å²) in [6, 6.07) is 0. The van der Waals surface area contributed by atoms with Crippen LogP contribution < -0.4 is 16.0 Å². The van der Waals surface area contributed by atoms with Crippen LogP contribution in [0.15, 0.2) is 17.2 Å². The summed E-state index contributed by atoms with van der Waals surface area (Å²) in [5.74, 6) is -0.864. The standard InChI is InChI=1S/C8H10N6O3/c9-7-6(14(16)17-13-7)8(15)11-2-1-5-3-10-4-12-5/h3-4H,1-2H2,(H2,9,13)(H,10,12)(H,11,15). The first kappa shape index (κ1) is 10.9. The number of H-pyrrole nitrogens is 1. The van der Waals surface area contributed by atoms with Gasteiger partial charge in [-0.05, 0) is 4.90 Å². The molecule has 0 fully saturated rings. The molecule has 2 rings (SSSR count). The summed E-state index contributed by atoms with van der Waals surface area (Å²) in [7, 11) is 0. The number of carbonyl (C=O) groups excluding carboxylic acids is 1. The molecule has 0 radical (unpaired) electrons. The largest absolute Gasteiger partial charge is 0.359 e. The fraction of sp³-hybridized carbons (Fsp3) is 0.250. The van der Waals surface area contributed by atoms with Crippen molar-refractivity contribution < 1.29 is 14.3 Å². The first-order valence-electron chi connectivity index (χ1n) is 4.79. The van der Waals surface area contributed by atoms with Gasteiger partial charge in [0.1, 0.15) is 0 Å². The van der Waals surface area contributed by atoms with Crippen LogP contribution in [0.4, 0.5) is 5.82 Å². The number of nitrogen functional groups attached to an aromatic ring is 1. The lowest BCUT2D eigenvalue weighted by atomic mass is 10.3. The zero-order valence-electron chi connectivity index (χ0n) is 8.71. The van der Waals surface area contributed by atoms with Crippen molar-refractivity contribution in [1.29, 1.82) is 0 Å². The van der Waals surface area contributed by atoms with Gasteiger partial charge < -0.3 is 21.2 Å². The molecule has 9 nitrogen and oxygen atoms in total. The van der Waals surface area contributed by atoms with E-state index in [4.69, 9.17) is 5.73 Å². The van der Waals surface area contributed by atoms with Gasteiger partial charge in [0, 0.05) is 24.9 Å². The SMILES string of the molecule is Nc1no[n+]([O-])c1C(=O)NCCc1cnc[nH]1. The molecular weight excluding hydrogens is 228 g/mol. The van der Waals surface area contributed by atoms with Crippen LogP contribution in [0.25, 0.3) is 0 Å². The topological polar surface area (TPSA) is 137 Å². The minimum Gasteiger partial charge on any atom is -0.359 e. The summed E-state index contributed by atoms with van der Waals surface area (Å²) in [4.78, 5) is 18.2. The molecule has 0 aliphatic heterocycles. The van der Waals surface area contributed by atoms with Crippen LogP contribution in [-0.4, -0.2) is 27.6 Å². The molecule has 0 saturated carbocycles. The van der Waals surface area contributed by atoms with Gasteiger partial charge in [-0.15, -0.1) is 0 Å². The van der Waals surface area contributed by atoms with E-state index in [0.29, 0.717) is 13.0 Å². The van der Waals surface area contributed by atoms with Gasteiger partial charge in [-0.2, -0.15) is 0 Å². The molecule has 2 aromatic rings. The zero-order valence-corrected chi connectivity index (χ0v) is 8.71. The van der Waals surface area contributed by atoms with Crippen LogP contribution in [0.2, 0.25) is 0 Å². The van der Waals surface area contributed by atoms with E-state index in [1.807, 2.05) is 0 Å². The summed E-state index contributed by atoms with van der Waals surface area (Å²) in [5.41, 5.74) is 5.84. The summed E-state index contributed by atoms with van der Waals surface area (Å²) in [6.45, 7) is 0.339. The van der Waals surface area contributed by atoms with Gasteiger partial charge in [0.15, 0.2) is 0 Å². The molecular formula is C8H10N6O3. The van der Waals surface area contributed by atoms with Crippen molar-refractivity contribution >= 4 is 11.7 Å². The maximum absolute atomic E-state index is 11.5. The third-order valence-electron chi connectivity index (χ3n) is 2.09. The van der Waals surface area contributed by atoms with E-state index in [9.17, 15) is 10.0 Å². The van der Waals surface area contributed by atoms with Crippen LogP contribution in [-0.2, 0) is 6.42 Å². The lowest BCUT2D eigenvalue weighted by molar-refractivity contribution is -0.803. The van der Waals surface area contributed by atoms with Gasteiger partial charge >= 0.3 is 17.4 Å². The van der Waals surface area contributed by atoms with Gasteiger partial charge in [-0.25, -0.2) is 4.98 Å². The normalized spacial score (nSPS) is 10.4. The molecule has 4 N–H and O–H groups in total. The molecule has 90 valence electrons. The number of nitrogens with one attached hydrogen (secondary N) is 2. The third-order valence-corrected chi connectivity index (χ3v) is 2.09. The quantitative estimate of drug-likeness (QED) is 0.559. The van der Waals surface area contributed by atoms with Crippen molar-refractivity contribution in [2.24, 2.45) is 0 Å². The van der Waals surface area contributed by atoms with Crippen molar-refractivity contribution in [1.82, 2.24) is 20.4 Å². The Morgan fingerprint density at radius 3 is 3.12 bits per heavy atom. The molecule has 0 aliphatic carbocycles. The average molecular weight is 238 g/mol. The molecule has 0 bridgehead atoms. The number of anilines is 1. The first-order valence-corrected chi connectivity index (χ1v) is 4.79. The lowest BCUT2D eigenvalue weighted by Crippen LogP contribution is -2.38. The highest BCUT2D eigenvalue weighted by atomic mass is 16.8. The molecule has 9 heteroatoms. The molecule has 17 heavy (non-hydrogen) atoms. The van der Waals surface area contributed by atoms with Crippen molar-refractivity contribution in [3.63, 3.8) is 0 Å². The monoisotopic (exact) mass is 238 g/mol. The Kier molecular flexibility index (Phi) is 2.90. The van der Waals surface area contributed by atoms with Crippen LogP contribution >= 0.6 is 0 Å². The fourth-order valence-corrected chi connectivity index (χ4v) is 1.27. The zero-order chi connectivity index (χ0) is 12.3. The molecule has 0 aromatic carbocycles. The number of hydrogen-bond acceptors (Lipinski definition) is 6. The van der Waals surface area contributed by atoms with Crippen LogP contribution in [0, 0.1) is 5.21 Å². The second kappa shape index (κ2) is 4.51. The molecule has 2 heterocycles. The highest BCUT2D eigenvalue weighted by molar-refractivity contribution is 5.94. The number of imidazole rings is 1. The number of hydrogen-bond donors (Lipinski definition) is 3. The number of carbonyl (C=O) groups is 1. The van der Waals surface area contributed by atoms with Gasteiger partial charge in [0.05, 0.1) is 11.5 Å². The van der Waals surface area contributed by atoms with E-state index in [2.05, 4.69) is 25.1 Å². The number of amides is 1. The maximum atomic E-state index is 11.5. The number of nitrogens with zero attached hydrogens (tertiary/aromatic N) is 3. The molecule has 0 spiro atoms. The second-order valence-electron chi connectivity index (χ2n) is 3.25. The van der Waals surface area contributed by atoms with Gasteiger partial charge in [0.2, 0.25) is 0 Å². The van der Waals surface area contributed by atoms with E-state index < -0.39 is 5.91 Å². The lowest BCUT2D eigenvalue weighted by Gasteiger charge is -2.01. The van der Waals surface area contributed by atoms with E-state index in [0.717, 1.165) is 5.69 Å². The minimum absolute atomic E-state index is 0.0269. The van der Waals surface area contributed by atoms with Gasteiger partial charge in [0.25, 0.3) is 0 Å². The van der Waals surface area contributed by atoms with E-state index in [-0.39, 0.29) is 16.4 Å². The Bertz CT molecular complexity index is 486. The highest BCUT2D eigenvalue weighted by Gasteiger charge is 2.23. The molecule has 2 aromatic heterocycles. The Balaban J connectivity index is 1.90. The highest BCUT2D eigenvalue weighted by Crippen LogP contribution is 2.01. The second-order valence-corrected chi connectivity index (χ2v) is 3.25.